The molecule has 1 aromatic rings. The van der Waals surface area contributed by atoms with Crippen LogP contribution >= 0.6 is 0 Å². The standard InChI is InChI=1S/C14H21NO4S2/c1-11(2)20(10-9-14(16)19-4)15-21(17,18)13-7-5-12(3)6-8-13/h5-8,11H,9-10H2,1-4H3. The summed E-state index contributed by atoms with van der Waals surface area (Å²) in [6, 6.07) is 6.58. The fourth-order valence-electron chi connectivity index (χ4n) is 1.53. The topological polar surface area (TPSA) is 72.8 Å². The van der Waals surface area contributed by atoms with Crippen molar-refractivity contribution >= 4 is 26.7 Å². The lowest BCUT2D eigenvalue weighted by molar-refractivity contribution is -0.140. The van der Waals surface area contributed by atoms with Gasteiger partial charge in [-0.1, -0.05) is 42.2 Å². The fourth-order valence-corrected chi connectivity index (χ4v) is 5.19. The Kier molecular flexibility index (Phi) is 6.54. The Morgan fingerprint density at radius 3 is 2.33 bits per heavy atom. The first-order chi connectivity index (χ1) is 9.76. The molecule has 0 bridgehead atoms. The third kappa shape index (κ3) is 5.59. The molecule has 0 saturated carbocycles. The molecule has 1 rings (SSSR count). The maximum atomic E-state index is 12.3. The van der Waals surface area contributed by atoms with E-state index in [1.807, 2.05) is 20.8 Å². The first kappa shape index (κ1) is 17.8. The van der Waals surface area contributed by atoms with Gasteiger partial charge in [0.2, 0.25) is 0 Å². The molecule has 0 N–H and O–H groups in total. The molecular weight excluding hydrogens is 310 g/mol. The molecule has 0 aliphatic rings. The Morgan fingerprint density at radius 1 is 1.29 bits per heavy atom. The normalized spacial score (nSPS) is 13.4. The van der Waals surface area contributed by atoms with Crippen molar-refractivity contribution in [3.63, 3.8) is 0 Å². The highest BCUT2D eigenvalue weighted by Gasteiger charge is 2.16. The average molecular weight is 331 g/mol. The van der Waals surface area contributed by atoms with Gasteiger partial charge in [0.15, 0.2) is 0 Å². The van der Waals surface area contributed by atoms with Gasteiger partial charge >= 0.3 is 5.97 Å². The lowest BCUT2D eigenvalue weighted by atomic mass is 10.2. The van der Waals surface area contributed by atoms with E-state index in [-0.39, 0.29) is 22.5 Å². The summed E-state index contributed by atoms with van der Waals surface area (Å²) in [5.41, 5.74) is 0.988. The summed E-state index contributed by atoms with van der Waals surface area (Å²) < 4.78 is 33.2. The van der Waals surface area contributed by atoms with E-state index in [1.54, 1.807) is 24.3 Å². The number of carbonyl (C=O) groups excluding carboxylic acids is 1. The van der Waals surface area contributed by atoms with E-state index in [4.69, 9.17) is 0 Å². The van der Waals surface area contributed by atoms with Gasteiger partial charge in [0.1, 0.15) is 0 Å². The minimum atomic E-state index is -3.69. The van der Waals surface area contributed by atoms with Crippen molar-refractivity contribution in [3.8, 4) is 0 Å². The van der Waals surface area contributed by atoms with Gasteiger partial charge in [-0.05, 0) is 19.1 Å². The van der Waals surface area contributed by atoms with Gasteiger partial charge in [-0.15, -0.1) is 3.77 Å². The van der Waals surface area contributed by atoms with Crippen LogP contribution in [0, 0.1) is 6.92 Å². The van der Waals surface area contributed by atoms with E-state index in [1.165, 1.54) is 7.11 Å². The molecule has 0 heterocycles. The Bertz CT molecular complexity index is 619. The number of carbonyl (C=O) groups is 1. The zero-order chi connectivity index (χ0) is 16.0. The summed E-state index contributed by atoms with van der Waals surface area (Å²) in [5.74, 6) is 0.0335. The smallest absolute Gasteiger partial charge is 0.306 e. The number of hydrogen-bond acceptors (Lipinski definition) is 4. The first-order valence-corrected chi connectivity index (χ1v) is 9.43. The molecule has 1 atom stereocenters. The number of benzene rings is 1. The van der Waals surface area contributed by atoms with Crippen LogP contribution in [0.3, 0.4) is 0 Å². The van der Waals surface area contributed by atoms with Gasteiger partial charge in [-0.3, -0.25) is 4.79 Å². The second-order valence-corrected chi connectivity index (χ2v) is 9.01. The van der Waals surface area contributed by atoms with Gasteiger partial charge in [-0.25, -0.2) is 0 Å². The van der Waals surface area contributed by atoms with Crippen molar-refractivity contribution in [2.75, 3.05) is 12.9 Å². The van der Waals surface area contributed by atoms with E-state index in [0.717, 1.165) is 5.56 Å². The Labute approximate surface area is 128 Å². The van der Waals surface area contributed by atoms with E-state index < -0.39 is 20.7 Å². The second kappa shape index (κ2) is 7.70. The van der Waals surface area contributed by atoms with Gasteiger partial charge in [0.05, 0.1) is 18.4 Å². The van der Waals surface area contributed by atoms with Crippen molar-refractivity contribution in [1.29, 1.82) is 0 Å². The second-order valence-electron chi connectivity index (χ2n) is 4.84. The zero-order valence-electron chi connectivity index (χ0n) is 12.7. The number of sulfonamides is 1. The van der Waals surface area contributed by atoms with Crippen LogP contribution in [0.5, 0.6) is 0 Å². The fraction of sp³-hybridized carbons (Fsp3) is 0.500. The molecule has 1 unspecified atom stereocenters. The van der Waals surface area contributed by atoms with Crippen molar-refractivity contribution < 1.29 is 17.9 Å². The Hall–Kier alpha value is -1.21. The maximum Gasteiger partial charge on any atom is 0.306 e. The predicted octanol–water partition coefficient (Wildman–Crippen LogP) is 2.46. The lowest BCUT2D eigenvalue weighted by Gasteiger charge is -2.11. The van der Waals surface area contributed by atoms with Crippen LogP contribution in [0.4, 0.5) is 0 Å². The predicted molar refractivity (Wildman–Crippen MR) is 84.8 cm³/mol. The van der Waals surface area contributed by atoms with Gasteiger partial charge in [-0.2, -0.15) is 8.42 Å². The number of rotatable bonds is 6. The number of ether oxygens (including phenoxy) is 1. The van der Waals surface area contributed by atoms with Crippen molar-refractivity contribution in [2.45, 2.75) is 37.3 Å². The number of methoxy groups -OCH3 is 1. The highest BCUT2D eigenvalue weighted by Crippen LogP contribution is 2.16. The quantitative estimate of drug-likeness (QED) is 0.751. The molecule has 0 radical (unpaired) electrons. The summed E-state index contributed by atoms with van der Waals surface area (Å²) in [7, 11) is -3.11. The molecule has 0 aromatic heterocycles. The van der Waals surface area contributed by atoms with Gasteiger partial charge < -0.3 is 4.74 Å². The SMILES string of the molecule is COC(=O)CCS(=NS(=O)(=O)c1ccc(C)cc1)C(C)C. The molecule has 0 aliphatic carbocycles. The summed E-state index contributed by atoms with van der Waals surface area (Å²) in [5, 5.41) is 0.0508. The summed E-state index contributed by atoms with van der Waals surface area (Å²) in [4.78, 5) is 11.4. The van der Waals surface area contributed by atoms with Crippen LogP contribution in [0.2, 0.25) is 0 Å². The number of hydrogen-bond donors (Lipinski definition) is 0. The van der Waals surface area contributed by atoms with E-state index in [9.17, 15) is 13.2 Å². The molecular formula is C14H21NO4S2. The van der Waals surface area contributed by atoms with Crippen LogP contribution in [0.15, 0.2) is 32.9 Å². The molecule has 0 spiro atoms. The monoisotopic (exact) mass is 331 g/mol. The molecule has 1 aromatic carbocycles. The van der Waals surface area contributed by atoms with E-state index in [0.29, 0.717) is 5.75 Å². The number of aryl methyl sites for hydroxylation is 1. The third-order valence-corrected chi connectivity index (χ3v) is 6.93. The van der Waals surface area contributed by atoms with Crippen LogP contribution in [0.1, 0.15) is 25.8 Å². The van der Waals surface area contributed by atoms with Crippen molar-refractivity contribution in [1.82, 2.24) is 0 Å². The summed E-state index contributed by atoms with van der Waals surface area (Å²) >= 11 is 0. The minimum absolute atomic E-state index is 0.0508. The van der Waals surface area contributed by atoms with Crippen LogP contribution < -0.4 is 0 Å². The van der Waals surface area contributed by atoms with Gasteiger partial charge in [0.25, 0.3) is 10.0 Å². The van der Waals surface area contributed by atoms with Crippen molar-refractivity contribution in [2.24, 2.45) is 3.77 Å². The van der Waals surface area contributed by atoms with E-state index >= 15 is 0 Å². The Balaban J connectivity index is 3.03. The summed E-state index contributed by atoms with van der Waals surface area (Å²) in [6.45, 7) is 5.69. The van der Waals surface area contributed by atoms with Crippen LogP contribution in [0.25, 0.3) is 0 Å². The molecule has 0 aliphatic heterocycles. The average Bonchev–Trinajstić information content (AvgIpc) is 2.43. The molecule has 7 heteroatoms. The molecule has 118 valence electrons. The maximum absolute atomic E-state index is 12.3. The zero-order valence-corrected chi connectivity index (χ0v) is 14.3. The largest absolute Gasteiger partial charge is 0.469 e. The molecule has 5 nitrogen and oxygen atoms in total. The number of esters is 1. The summed E-state index contributed by atoms with van der Waals surface area (Å²) in [6.07, 6.45) is 0.171. The Morgan fingerprint density at radius 2 is 1.86 bits per heavy atom. The minimum Gasteiger partial charge on any atom is -0.469 e. The van der Waals surface area contributed by atoms with Crippen LogP contribution in [-0.2, 0) is 30.2 Å². The third-order valence-electron chi connectivity index (χ3n) is 2.80. The molecule has 0 fully saturated rings. The van der Waals surface area contributed by atoms with Gasteiger partial charge in [0, 0.05) is 11.0 Å². The molecule has 21 heavy (non-hydrogen) atoms. The molecule has 0 amide bonds. The van der Waals surface area contributed by atoms with E-state index in [2.05, 4.69) is 8.50 Å². The first-order valence-electron chi connectivity index (χ1n) is 6.57. The highest BCUT2D eigenvalue weighted by molar-refractivity contribution is 8.00. The van der Waals surface area contributed by atoms with Crippen LogP contribution in [-0.4, -0.2) is 32.5 Å². The highest BCUT2D eigenvalue weighted by atomic mass is 32.3. The lowest BCUT2D eigenvalue weighted by Crippen LogP contribution is -2.15. The molecule has 0 saturated heterocycles. The van der Waals surface area contributed by atoms with Crippen molar-refractivity contribution in [3.05, 3.63) is 29.8 Å². The number of nitrogens with zero attached hydrogens (tertiary/aromatic N) is 1.